The monoisotopic (exact) mass is 749 g/mol. The predicted octanol–water partition coefficient (Wildman–Crippen LogP) is 3.57. The van der Waals surface area contributed by atoms with Crippen LogP contribution in [-0.4, -0.2) is 97.6 Å². The van der Waals surface area contributed by atoms with Crippen LogP contribution in [-0.2, 0) is 33.9 Å². The van der Waals surface area contributed by atoms with Gasteiger partial charge in [0.1, 0.15) is 24.2 Å². The number of hydrogen-bond donors (Lipinski definition) is 3. The molecule has 5 rings (SSSR count). The maximum absolute atomic E-state index is 13.8. The van der Waals surface area contributed by atoms with E-state index in [0.29, 0.717) is 105 Å². The van der Waals surface area contributed by atoms with Gasteiger partial charge in [-0.3, -0.25) is 19.3 Å². The Balaban J connectivity index is 1.38. The summed E-state index contributed by atoms with van der Waals surface area (Å²) in [7, 11) is 4.78. The summed E-state index contributed by atoms with van der Waals surface area (Å²) in [5.74, 6) is 3.26. The molecular weight excluding hydrogens is 694 g/mol. The van der Waals surface area contributed by atoms with E-state index in [1.165, 1.54) is 0 Å². The fraction of sp³-hybridized carbons (Fsp3) is 0.564. The minimum Gasteiger partial charge on any atom is -0.496 e. The summed E-state index contributed by atoms with van der Waals surface area (Å²) in [5, 5.41) is 13.8. The topological polar surface area (TPSA) is 167 Å². The van der Waals surface area contributed by atoms with Crippen LogP contribution in [0.1, 0.15) is 81.7 Å². The summed E-state index contributed by atoms with van der Waals surface area (Å²) in [4.78, 5) is 47.5. The van der Waals surface area contributed by atoms with Crippen molar-refractivity contribution in [2.75, 3.05) is 54.2 Å². The van der Waals surface area contributed by atoms with E-state index in [9.17, 15) is 14.4 Å². The van der Waals surface area contributed by atoms with Crippen molar-refractivity contribution in [3.8, 4) is 28.7 Å². The molecule has 0 radical (unpaired) electrons. The molecule has 3 atom stereocenters. The van der Waals surface area contributed by atoms with Gasteiger partial charge in [-0.05, 0) is 56.0 Å². The molecule has 3 N–H and O–H groups in total. The lowest BCUT2D eigenvalue weighted by atomic mass is 9.97. The van der Waals surface area contributed by atoms with Gasteiger partial charge in [-0.2, -0.15) is 5.10 Å². The van der Waals surface area contributed by atoms with E-state index in [4.69, 9.17) is 33.8 Å². The Morgan fingerprint density at radius 1 is 0.889 bits per heavy atom. The normalized spacial score (nSPS) is 19.9. The highest BCUT2D eigenvalue weighted by Gasteiger charge is 2.29. The molecule has 1 aromatic heterocycles. The van der Waals surface area contributed by atoms with Gasteiger partial charge in [0.05, 0.1) is 40.6 Å². The van der Waals surface area contributed by atoms with Crippen LogP contribution in [0, 0.1) is 5.92 Å². The lowest BCUT2D eigenvalue weighted by molar-refractivity contribution is -0.130. The third-order valence-electron chi connectivity index (χ3n) is 9.80. The van der Waals surface area contributed by atoms with E-state index >= 15 is 0 Å². The highest BCUT2D eigenvalue weighted by molar-refractivity contribution is 5.88. The number of carbonyl (C=O) groups is 3. The summed E-state index contributed by atoms with van der Waals surface area (Å²) in [5.41, 5.74) is 1.82. The van der Waals surface area contributed by atoms with Gasteiger partial charge in [0.15, 0.2) is 28.8 Å². The third kappa shape index (κ3) is 10.5. The Hall–Kier alpha value is -5.05. The molecule has 294 valence electrons. The number of carbonyl (C=O) groups excluding carboxylic acids is 3. The maximum atomic E-state index is 13.8. The van der Waals surface area contributed by atoms with Gasteiger partial charge >= 0.3 is 0 Å². The van der Waals surface area contributed by atoms with Gasteiger partial charge in [-0.1, -0.05) is 26.3 Å². The van der Waals surface area contributed by atoms with E-state index in [0.717, 1.165) is 17.5 Å². The largest absolute Gasteiger partial charge is 0.496 e. The summed E-state index contributed by atoms with van der Waals surface area (Å²) < 4.78 is 30.0. The lowest BCUT2D eigenvalue weighted by Gasteiger charge is -2.26. The molecule has 2 aliphatic heterocycles. The smallest absolute Gasteiger partial charge is 0.243 e. The number of rotatable bonds is 9. The molecule has 3 heterocycles. The third-order valence-corrected chi connectivity index (χ3v) is 9.80. The molecule has 2 aromatic carbocycles. The zero-order valence-electron chi connectivity index (χ0n) is 32.4. The van der Waals surface area contributed by atoms with E-state index in [1.54, 1.807) is 32.9 Å². The van der Waals surface area contributed by atoms with Crippen molar-refractivity contribution >= 4 is 17.7 Å². The Morgan fingerprint density at radius 2 is 1.61 bits per heavy atom. The molecule has 3 amide bonds. The number of benzene rings is 2. The van der Waals surface area contributed by atoms with Crippen LogP contribution in [0.4, 0.5) is 0 Å². The van der Waals surface area contributed by atoms with Gasteiger partial charge in [0, 0.05) is 50.5 Å². The van der Waals surface area contributed by atoms with Crippen LogP contribution in [0.2, 0.25) is 0 Å². The summed E-state index contributed by atoms with van der Waals surface area (Å²) >= 11 is 0. The van der Waals surface area contributed by atoms with Crippen molar-refractivity contribution in [2.24, 2.45) is 5.92 Å². The van der Waals surface area contributed by atoms with Crippen molar-refractivity contribution in [3.05, 3.63) is 53.1 Å². The first-order valence-corrected chi connectivity index (χ1v) is 18.8. The fourth-order valence-corrected chi connectivity index (χ4v) is 6.65. The molecule has 0 bridgehead atoms. The number of ether oxygens (including phenoxy) is 5. The van der Waals surface area contributed by atoms with Crippen molar-refractivity contribution in [2.45, 2.75) is 84.5 Å². The number of aromatic nitrogens is 3. The minimum atomic E-state index is -0.753. The van der Waals surface area contributed by atoms with Crippen molar-refractivity contribution < 1.29 is 38.1 Å². The molecule has 0 aliphatic carbocycles. The van der Waals surface area contributed by atoms with Crippen LogP contribution >= 0.6 is 0 Å². The van der Waals surface area contributed by atoms with Gasteiger partial charge in [-0.25, -0.2) is 9.67 Å². The molecule has 0 spiro atoms. The second kappa shape index (κ2) is 19.3. The summed E-state index contributed by atoms with van der Waals surface area (Å²) in [6, 6.07) is 8.05. The van der Waals surface area contributed by atoms with Crippen molar-refractivity contribution in [1.82, 2.24) is 35.6 Å². The van der Waals surface area contributed by atoms with Crippen LogP contribution in [0.5, 0.6) is 28.7 Å². The molecule has 2 aliphatic rings. The van der Waals surface area contributed by atoms with Crippen LogP contribution in [0.3, 0.4) is 0 Å². The SMILES string of the molecule is CC[C@H](C)[C@@H]1NC(=O)CCCN(Cc2cc3c(cc2OC)OCCCO3)CCCNC(=O)Cn2nc(Cc3ccc(OC)c(OC)c3)nc2[C@@H](C)NC1=O. The zero-order valence-corrected chi connectivity index (χ0v) is 32.4. The Kier molecular flexibility index (Phi) is 14.4. The first kappa shape index (κ1) is 40.1. The molecule has 15 nitrogen and oxygen atoms in total. The molecule has 0 saturated carbocycles. The second-order valence-corrected chi connectivity index (χ2v) is 13.8. The Labute approximate surface area is 317 Å². The van der Waals surface area contributed by atoms with E-state index < -0.39 is 12.1 Å². The van der Waals surface area contributed by atoms with Gasteiger partial charge < -0.3 is 39.6 Å². The summed E-state index contributed by atoms with van der Waals surface area (Å²) in [6.07, 6.45) is 3.32. The first-order valence-electron chi connectivity index (χ1n) is 18.8. The Bertz CT molecular complexity index is 1750. The van der Waals surface area contributed by atoms with Crippen LogP contribution in [0.15, 0.2) is 30.3 Å². The van der Waals surface area contributed by atoms with E-state index in [-0.39, 0.29) is 36.6 Å². The molecule has 54 heavy (non-hydrogen) atoms. The standard InChI is InChI=1S/C39H55N7O8/c1-7-25(2)37-39(49)41-26(3)38-42-34(20-27-12-13-29(50-4)31(19-27)52-6)44-46(38)24-36(48)40-14-9-16-45(15-8-11-35(47)43-37)23-28-21-32-33(22-30(28)51-5)54-18-10-17-53-32/h12-13,19,21-22,25-26,37H,7-11,14-18,20,23-24H2,1-6H3,(H,40,48)(H,41,49)(H,43,47)/t25-,26+,37-/m0/s1. The lowest BCUT2D eigenvalue weighted by Crippen LogP contribution is -2.51. The quantitative estimate of drug-likeness (QED) is 0.293. The minimum absolute atomic E-state index is 0.0852. The van der Waals surface area contributed by atoms with E-state index in [2.05, 4.69) is 20.9 Å². The Morgan fingerprint density at radius 3 is 2.33 bits per heavy atom. The summed E-state index contributed by atoms with van der Waals surface area (Å²) in [6.45, 7) is 9.03. The predicted molar refractivity (Wildman–Crippen MR) is 201 cm³/mol. The molecule has 15 heteroatoms. The average Bonchev–Trinajstić information content (AvgIpc) is 3.41. The van der Waals surface area contributed by atoms with Crippen LogP contribution in [0.25, 0.3) is 0 Å². The highest BCUT2D eigenvalue weighted by Crippen LogP contribution is 2.37. The number of nitrogens with zero attached hydrogens (tertiary/aromatic N) is 4. The van der Waals surface area contributed by atoms with Crippen LogP contribution < -0.4 is 39.6 Å². The van der Waals surface area contributed by atoms with Gasteiger partial charge in [0.2, 0.25) is 17.7 Å². The molecular formula is C39H55N7O8. The highest BCUT2D eigenvalue weighted by atomic mass is 16.5. The van der Waals surface area contributed by atoms with Crippen molar-refractivity contribution in [1.29, 1.82) is 0 Å². The number of nitrogens with one attached hydrogen (secondary N) is 3. The maximum Gasteiger partial charge on any atom is 0.243 e. The second-order valence-electron chi connectivity index (χ2n) is 13.8. The molecule has 0 fully saturated rings. The first-order chi connectivity index (χ1) is 26.1. The molecule has 0 unspecified atom stereocenters. The number of amides is 3. The fourth-order valence-electron chi connectivity index (χ4n) is 6.65. The zero-order chi connectivity index (χ0) is 38.6. The molecule has 3 aromatic rings. The number of hydrogen-bond acceptors (Lipinski definition) is 11. The number of fused-ring (bicyclic) bond motifs is 2. The van der Waals surface area contributed by atoms with Crippen molar-refractivity contribution in [3.63, 3.8) is 0 Å². The van der Waals surface area contributed by atoms with Gasteiger partial charge in [-0.15, -0.1) is 0 Å². The average molecular weight is 750 g/mol. The number of methoxy groups -OCH3 is 3. The van der Waals surface area contributed by atoms with Gasteiger partial charge in [0.25, 0.3) is 0 Å². The van der Waals surface area contributed by atoms with E-state index in [1.807, 2.05) is 44.2 Å². The molecule has 0 saturated heterocycles.